The lowest BCUT2D eigenvalue weighted by atomic mass is 10.0. The smallest absolute Gasteiger partial charge is 0.319 e. The molecule has 0 aromatic heterocycles. The number of hydrogen-bond donors (Lipinski definition) is 3. The summed E-state index contributed by atoms with van der Waals surface area (Å²) in [6.45, 7) is 4.81. The number of carbonyl (C=O) groups is 2. The van der Waals surface area contributed by atoms with Crippen molar-refractivity contribution in [1.29, 1.82) is 0 Å². The van der Waals surface area contributed by atoms with Crippen LogP contribution in [0.25, 0.3) is 0 Å². The molecule has 0 fully saturated rings. The molecule has 6 heteroatoms. The fourth-order valence-corrected chi connectivity index (χ4v) is 1.56. The van der Waals surface area contributed by atoms with Gasteiger partial charge in [0.05, 0.1) is 6.42 Å². The van der Waals surface area contributed by atoms with Gasteiger partial charge in [-0.05, 0) is 38.5 Å². The molecule has 104 valence electrons. The summed E-state index contributed by atoms with van der Waals surface area (Å²) < 4.78 is 13.3. The van der Waals surface area contributed by atoms with E-state index >= 15 is 0 Å². The minimum Gasteiger partial charge on any atom is -0.481 e. The standard InChI is InChI=1S/C13H17FN2O3/c1-8-4-5-9(6-10(8)14)15-12(19)16-13(2,3)7-11(17)18/h4-6H,7H2,1-3H3,(H,17,18)(H2,15,16,19). The lowest BCUT2D eigenvalue weighted by Crippen LogP contribution is -2.46. The first-order chi connectivity index (χ1) is 8.69. The zero-order valence-corrected chi connectivity index (χ0v) is 11.1. The largest absolute Gasteiger partial charge is 0.481 e. The maximum atomic E-state index is 13.3. The Kier molecular flexibility index (Phi) is 4.47. The van der Waals surface area contributed by atoms with Gasteiger partial charge in [0, 0.05) is 11.2 Å². The third-order valence-corrected chi connectivity index (χ3v) is 2.47. The summed E-state index contributed by atoms with van der Waals surface area (Å²) in [6, 6.07) is 3.75. The number of amides is 2. The number of rotatable bonds is 4. The summed E-state index contributed by atoms with van der Waals surface area (Å²) >= 11 is 0. The zero-order valence-electron chi connectivity index (χ0n) is 11.1. The lowest BCUT2D eigenvalue weighted by molar-refractivity contribution is -0.138. The molecule has 0 atom stereocenters. The summed E-state index contributed by atoms with van der Waals surface area (Å²) in [4.78, 5) is 22.3. The molecule has 0 aliphatic carbocycles. The highest BCUT2D eigenvalue weighted by atomic mass is 19.1. The molecule has 2 amide bonds. The van der Waals surface area contributed by atoms with Crippen molar-refractivity contribution in [2.45, 2.75) is 32.7 Å². The van der Waals surface area contributed by atoms with E-state index in [0.29, 0.717) is 11.3 Å². The Hall–Kier alpha value is -2.11. The van der Waals surface area contributed by atoms with Crippen molar-refractivity contribution < 1.29 is 19.1 Å². The van der Waals surface area contributed by atoms with Gasteiger partial charge >= 0.3 is 12.0 Å². The van der Waals surface area contributed by atoms with E-state index in [1.807, 2.05) is 0 Å². The van der Waals surface area contributed by atoms with E-state index in [4.69, 9.17) is 5.11 Å². The number of anilines is 1. The van der Waals surface area contributed by atoms with Crippen molar-refractivity contribution >= 4 is 17.7 Å². The normalized spacial score (nSPS) is 10.9. The van der Waals surface area contributed by atoms with Crippen molar-refractivity contribution in [1.82, 2.24) is 5.32 Å². The number of carbonyl (C=O) groups excluding carboxylic acids is 1. The van der Waals surface area contributed by atoms with Gasteiger partial charge in [-0.25, -0.2) is 9.18 Å². The number of carboxylic acid groups (broad SMARTS) is 1. The average molecular weight is 268 g/mol. The molecule has 0 saturated heterocycles. The van der Waals surface area contributed by atoms with Crippen molar-refractivity contribution in [2.24, 2.45) is 0 Å². The second-order valence-electron chi connectivity index (χ2n) is 5.00. The predicted octanol–water partition coefficient (Wildman–Crippen LogP) is 2.51. The van der Waals surface area contributed by atoms with Crippen LogP contribution in [0.4, 0.5) is 14.9 Å². The van der Waals surface area contributed by atoms with Crippen LogP contribution in [0.2, 0.25) is 0 Å². The van der Waals surface area contributed by atoms with Crippen LogP contribution in [-0.2, 0) is 4.79 Å². The fourth-order valence-electron chi connectivity index (χ4n) is 1.56. The number of carboxylic acids is 1. The van der Waals surface area contributed by atoms with E-state index in [0.717, 1.165) is 0 Å². The van der Waals surface area contributed by atoms with Crippen LogP contribution in [0.15, 0.2) is 18.2 Å². The Labute approximate surface area is 110 Å². The van der Waals surface area contributed by atoms with Gasteiger partial charge in [-0.3, -0.25) is 4.79 Å². The molecule has 0 spiro atoms. The molecule has 0 saturated carbocycles. The summed E-state index contributed by atoms with van der Waals surface area (Å²) in [5.41, 5.74) is -0.0945. The molecule has 0 bridgehead atoms. The van der Waals surface area contributed by atoms with Crippen molar-refractivity contribution in [3.05, 3.63) is 29.6 Å². The first-order valence-electron chi connectivity index (χ1n) is 5.77. The predicted molar refractivity (Wildman–Crippen MR) is 69.6 cm³/mol. The van der Waals surface area contributed by atoms with Crippen LogP contribution < -0.4 is 10.6 Å². The fraction of sp³-hybridized carbons (Fsp3) is 0.385. The van der Waals surface area contributed by atoms with Crippen LogP contribution in [0.3, 0.4) is 0 Å². The Morgan fingerprint density at radius 3 is 2.53 bits per heavy atom. The molecule has 1 aromatic carbocycles. The monoisotopic (exact) mass is 268 g/mol. The first-order valence-corrected chi connectivity index (χ1v) is 5.77. The maximum Gasteiger partial charge on any atom is 0.319 e. The number of urea groups is 1. The maximum absolute atomic E-state index is 13.3. The minimum absolute atomic E-state index is 0.206. The van der Waals surface area contributed by atoms with Gasteiger partial charge in [0.1, 0.15) is 5.82 Å². The van der Waals surface area contributed by atoms with Gasteiger partial charge in [0.2, 0.25) is 0 Å². The van der Waals surface area contributed by atoms with Crippen molar-refractivity contribution in [3.8, 4) is 0 Å². The molecule has 0 unspecified atom stereocenters. The molecule has 19 heavy (non-hydrogen) atoms. The topological polar surface area (TPSA) is 78.4 Å². The third kappa shape index (κ3) is 4.95. The number of nitrogens with one attached hydrogen (secondary N) is 2. The SMILES string of the molecule is Cc1ccc(NC(=O)NC(C)(C)CC(=O)O)cc1F. The lowest BCUT2D eigenvalue weighted by Gasteiger charge is -2.24. The first kappa shape index (κ1) is 14.9. The summed E-state index contributed by atoms with van der Waals surface area (Å²) in [5.74, 6) is -1.42. The number of benzene rings is 1. The number of aliphatic carboxylic acids is 1. The molecule has 0 aliphatic heterocycles. The molecule has 0 radical (unpaired) electrons. The Morgan fingerprint density at radius 1 is 1.37 bits per heavy atom. The van der Waals surface area contributed by atoms with Crippen LogP contribution in [0.5, 0.6) is 0 Å². The zero-order chi connectivity index (χ0) is 14.6. The Balaban J connectivity index is 2.64. The van der Waals surface area contributed by atoms with Gasteiger partial charge in [-0.1, -0.05) is 6.07 Å². The van der Waals surface area contributed by atoms with Crippen LogP contribution >= 0.6 is 0 Å². The highest BCUT2D eigenvalue weighted by Crippen LogP contribution is 2.14. The molecular formula is C13H17FN2O3. The van der Waals surface area contributed by atoms with Gasteiger partial charge in [-0.15, -0.1) is 0 Å². The van der Waals surface area contributed by atoms with Crippen LogP contribution in [0, 0.1) is 12.7 Å². The van der Waals surface area contributed by atoms with Crippen molar-refractivity contribution in [3.63, 3.8) is 0 Å². The summed E-state index contributed by atoms with van der Waals surface area (Å²) in [7, 11) is 0. The quantitative estimate of drug-likeness (QED) is 0.785. The van der Waals surface area contributed by atoms with E-state index < -0.39 is 23.4 Å². The highest BCUT2D eigenvalue weighted by molar-refractivity contribution is 5.90. The molecule has 3 N–H and O–H groups in total. The molecule has 1 rings (SSSR count). The van der Waals surface area contributed by atoms with E-state index in [9.17, 15) is 14.0 Å². The molecular weight excluding hydrogens is 251 g/mol. The van der Waals surface area contributed by atoms with Gasteiger partial charge in [-0.2, -0.15) is 0 Å². The van der Waals surface area contributed by atoms with Gasteiger partial charge in [0.15, 0.2) is 0 Å². The molecule has 5 nitrogen and oxygen atoms in total. The average Bonchev–Trinajstić information content (AvgIpc) is 2.20. The van der Waals surface area contributed by atoms with Crippen molar-refractivity contribution in [2.75, 3.05) is 5.32 Å². The number of hydrogen-bond acceptors (Lipinski definition) is 2. The molecule has 0 heterocycles. The summed E-state index contributed by atoms with van der Waals surface area (Å²) in [6.07, 6.45) is -0.206. The van der Waals surface area contributed by atoms with Gasteiger partial charge in [0.25, 0.3) is 0 Å². The number of aryl methyl sites for hydroxylation is 1. The second-order valence-corrected chi connectivity index (χ2v) is 5.00. The van der Waals surface area contributed by atoms with Crippen LogP contribution in [-0.4, -0.2) is 22.6 Å². The minimum atomic E-state index is -1.01. The van der Waals surface area contributed by atoms with E-state index in [1.165, 1.54) is 6.07 Å². The molecule has 0 aliphatic rings. The van der Waals surface area contributed by atoms with Crippen LogP contribution in [0.1, 0.15) is 25.8 Å². The van der Waals surface area contributed by atoms with E-state index in [2.05, 4.69) is 10.6 Å². The Bertz CT molecular complexity index is 501. The highest BCUT2D eigenvalue weighted by Gasteiger charge is 2.23. The Morgan fingerprint density at radius 2 is 2.00 bits per heavy atom. The van der Waals surface area contributed by atoms with E-state index in [-0.39, 0.29) is 6.42 Å². The third-order valence-electron chi connectivity index (χ3n) is 2.47. The molecule has 1 aromatic rings. The number of halogens is 1. The summed E-state index contributed by atoms with van der Waals surface area (Å²) in [5, 5.41) is 13.7. The second kappa shape index (κ2) is 5.69. The van der Waals surface area contributed by atoms with E-state index in [1.54, 1.807) is 32.9 Å². The van der Waals surface area contributed by atoms with Gasteiger partial charge < -0.3 is 15.7 Å².